The van der Waals surface area contributed by atoms with E-state index in [1.54, 1.807) is 0 Å². The van der Waals surface area contributed by atoms with Crippen molar-refractivity contribution in [1.29, 1.82) is 0 Å². The normalized spacial score (nSPS) is 4.67. The van der Waals surface area contributed by atoms with Crippen LogP contribution in [0.2, 0.25) is 26.2 Å². The Kier molecular flexibility index (Phi) is 111. The molecule has 0 aromatic carbocycles. The van der Waals surface area contributed by atoms with Crippen LogP contribution in [0.25, 0.3) is 0 Å². The molecule has 0 bridgehead atoms. The van der Waals surface area contributed by atoms with E-state index in [1.807, 2.05) is 0 Å². The number of hydrogen-bond acceptors (Lipinski definition) is 0. The van der Waals surface area contributed by atoms with E-state index in [0.717, 1.165) is 19.0 Å². The van der Waals surface area contributed by atoms with E-state index in [2.05, 4.69) is 63.4 Å². The Hall–Kier alpha value is 3.00. The summed E-state index contributed by atoms with van der Waals surface area (Å²) in [5, 5.41) is 0. The summed E-state index contributed by atoms with van der Waals surface area (Å²) < 4.78 is 0. The molecule has 5 heteroatoms. The van der Waals surface area contributed by atoms with Crippen LogP contribution in [-0.2, 0) is 32.7 Å². The van der Waals surface area contributed by atoms with Crippen molar-refractivity contribution >= 4 is 56.3 Å². The molecule has 0 unspecified atom stereocenters. The molecule has 3 radical (unpaired) electrons. The Morgan fingerprint density at radius 2 is 0.778 bits per heavy atom. The summed E-state index contributed by atoms with van der Waals surface area (Å²) in [4.78, 5) is 0. The van der Waals surface area contributed by atoms with Gasteiger partial charge >= 0.3 is 0 Å². The van der Waals surface area contributed by atoms with Crippen molar-refractivity contribution in [3.8, 4) is 0 Å². The summed E-state index contributed by atoms with van der Waals surface area (Å²) in [5.74, 6) is 0. The first-order chi connectivity index (χ1) is 3.83. The van der Waals surface area contributed by atoms with Crippen molar-refractivity contribution < 1.29 is 32.7 Å². The molecule has 0 nitrogen and oxygen atoms in total. The van der Waals surface area contributed by atoms with Crippen LogP contribution in [0.15, 0.2) is 0 Å². The number of hydrogen-bond donors (Lipinski definition) is 0. The third kappa shape index (κ3) is 99.1. The van der Waals surface area contributed by atoms with Crippen LogP contribution < -0.4 is 0 Å². The summed E-state index contributed by atoms with van der Waals surface area (Å²) in [7, 11) is 1.50. The molecule has 0 heterocycles. The van der Waals surface area contributed by atoms with Crippen LogP contribution in [0.4, 0.5) is 0 Å². The van der Waals surface area contributed by atoms with Crippen LogP contribution in [0.1, 0.15) is 0 Å². The molecular formula is C4H14I2Si2Y. The zero-order chi connectivity index (χ0) is 7.41. The topological polar surface area (TPSA) is 0 Å². The van der Waals surface area contributed by atoms with E-state index in [1.165, 1.54) is 0 Å². The molecule has 0 aromatic heterocycles. The van der Waals surface area contributed by atoms with Gasteiger partial charge in [0.05, 0.1) is 0 Å². The van der Waals surface area contributed by atoms with E-state index in [-0.39, 0.29) is 32.7 Å². The van der Waals surface area contributed by atoms with Gasteiger partial charge in [0.15, 0.2) is 0 Å². The van der Waals surface area contributed by atoms with Crippen molar-refractivity contribution in [3.63, 3.8) is 0 Å². The fourth-order valence-electron chi connectivity index (χ4n) is 0. The Morgan fingerprint density at radius 3 is 0.778 bits per heavy atom. The monoisotopic (exact) mass is 461 g/mol. The van der Waals surface area contributed by atoms with Crippen LogP contribution >= 0.6 is 37.2 Å². The predicted molar refractivity (Wildman–Crippen MR) is 65.8 cm³/mol. The quantitative estimate of drug-likeness (QED) is 0.385. The molecule has 0 aliphatic carbocycles. The predicted octanol–water partition coefficient (Wildman–Crippen LogP) is 2.81. The van der Waals surface area contributed by atoms with Gasteiger partial charge in [0.25, 0.3) is 0 Å². The van der Waals surface area contributed by atoms with Gasteiger partial charge in [0, 0.05) is 89.0 Å². The summed E-state index contributed by atoms with van der Waals surface area (Å²) >= 11 is 4.24. The van der Waals surface area contributed by atoms with Crippen molar-refractivity contribution in [1.82, 2.24) is 0 Å². The van der Waals surface area contributed by atoms with E-state index in [0.29, 0.717) is 0 Å². The molecule has 9 heavy (non-hydrogen) atoms. The van der Waals surface area contributed by atoms with Gasteiger partial charge in [-0.15, -0.1) is 0 Å². The minimum atomic E-state index is 0. The van der Waals surface area contributed by atoms with Crippen molar-refractivity contribution in [2.45, 2.75) is 26.2 Å². The second-order valence-electron chi connectivity index (χ2n) is 1.15. The van der Waals surface area contributed by atoms with Crippen molar-refractivity contribution in [2.24, 2.45) is 0 Å². The maximum absolute atomic E-state index is 2.21. The number of halogens is 2. The minimum absolute atomic E-state index is 0. The van der Waals surface area contributed by atoms with Crippen LogP contribution in [-0.4, -0.2) is 19.0 Å². The maximum atomic E-state index is 2.21. The van der Waals surface area contributed by atoms with Gasteiger partial charge < -0.3 is 0 Å². The molecule has 0 aliphatic heterocycles. The smallest absolute Gasteiger partial charge is 0.0213 e. The largest absolute Gasteiger partial charge is 0.0743 e. The standard InChI is InChI=1S/2C2H7Si.I2.Y/c2*1-3-2;1-2;/h2*3H,1-2H3;;. The summed E-state index contributed by atoms with van der Waals surface area (Å²) in [6.07, 6.45) is 0. The number of rotatable bonds is 0. The maximum Gasteiger partial charge on any atom is 0.0213 e. The van der Waals surface area contributed by atoms with E-state index >= 15 is 0 Å². The van der Waals surface area contributed by atoms with Gasteiger partial charge in [-0.3, -0.25) is 0 Å². The first kappa shape index (κ1) is 22.7. The summed E-state index contributed by atoms with van der Waals surface area (Å²) in [5.41, 5.74) is 0. The fourth-order valence-corrected chi connectivity index (χ4v) is 0. The Labute approximate surface area is 113 Å². The van der Waals surface area contributed by atoms with Gasteiger partial charge in [-0.2, -0.15) is 0 Å². The van der Waals surface area contributed by atoms with E-state index in [4.69, 9.17) is 0 Å². The van der Waals surface area contributed by atoms with E-state index in [9.17, 15) is 0 Å². The molecule has 0 aliphatic rings. The van der Waals surface area contributed by atoms with Gasteiger partial charge in [0.2, 0.25) is 0 Å². The molecule has 0 fully saturated rings. The first-order valence-electron chi connectivity index (χ1n) is 2.45. The van der Waals surface area contributed by atoms with Crippen molar-refractivity contribution in [3.05, 3.63) is 0 Å². The van der Waals surface area contributed by atoms with Gasteiger partial charge in [-0.1, -0.05) is 26.2 Å². The zero-order valence-electron chi connectivity index (χ0n) is 6.49. The summed E-state index contributed by atoms with van der Waals surface area (Å²) in [6, 6.07) is 0. The zero-order valence-corrected chi connectivity index (χ0v) is 16.0. The van der Waals surface area contributed by atoms with Gasteiger partial charge in [-0.05, 0) is 0 Å². The molecule has 55 valence electrons. The minimum Gasteiger partial charge on any atom is -0.0743 e. The molecule has 0 amide bonds. The molecule has 0 aromatic rings. The van der Waals surface area contributed by atoms with Gasteiger partial charge in [0.1, 0.15) is 0 Å². The van der Waals surface area contributed by atoms with Crippen LogP contribution in [0, 0.1) is 0 Å². The SMILES string of the molecule is C[SiH]C.C[SiH]C.II.[Y]. The van der Waals surface area contributed by atoms with E-state index < -0.39 is 0 Å². The molecule has 0 N–H and O–H groups in total. The molecular weight excluding hydrogens is 447 g/mol. The fraction of sp³-hybridized carbons (Fsp3) is 1.00. The third-order valence-corrected chi connectivity index (χ3v) is 0. The Bertz CT molecular complexity index is 18.5. The molecule has 0 saturated heterocycles. The molecule has 0 rings (SSSR count). The molecule has 0 atom stereocenters. The van der Waals surface area contributed by atoms with Gasteiger partial charge in [-0.25, -0.2) is 0 Å². The second kappa shape index (κ2) is 44.0. The average Bonchev–Trinajstić information content (AvgIpc) is 1.75. The first-order valence-corrected chi connectivity index (χ1v) is 13.4. The third-order valence-electron chi connectivity index (χ3n) is 0. The van der Waals surface area contributed by atoms with Crippen LogP contribution in [0.3, 0.4) is 0 Å². The Balaban J connectivity index is -0.0000000202. The van der Waals surface area contributed by atoms with Crippen LogP contribution in [0.5, 0.6) is 0 Å². The van der Waals surface area contributed by atoms with Crippen molar-refractivity contribution in [2.75, 3.05) is 0 Å². The molecule has 0 spiro atoms. The average molecular weight is 461 g/mol. The second-order valence-corrected chi connectivity index (χ2v) is 3.46. The summed E-state index contributed by atoms with van der Waals surface area (Å²) in [6.45, 7) is 8.83. The Morgan fingerprint density at radius 1 is 0.778 bits per heavy atom. The molecule has 0 saturated carbocycles.